The number of nitrogens with zero attached hydrogens (tertiary/aromatic N) is 4. The number of carbonyl (C=O) groups excluding carboxylic acids is 1. The van der Waals surface area contributed by atoms with Crippen LogP contribution in [-0.2, 0) is 4.74 Å². The fourth-order valence-corrected chi connectivity index (χ4v) is 2.62. The van der Waals surface area contributed by atoms with Crippen molar-refractivity contribution in [3.63, 3.8) is 0 Å². The summed E-state index contributed by atoms with van der Waals surface area (Å²) in [6, 6.07) is 0.474. The Morgan fingerprint density at radius 3 is 2.77 bits per heavy atom. The van der Waals surface area contributed by atoms with Crippen LogP contribution in [0.3, 0.4) is 0 Å². The van der Waals surface area contributed by atoms with Crippen LogP contribution in [0.4, 0.5) is 4.79 Å². The monoisotopic (exact) mass is 306 g/mol. The molecular formula is C16H26N4O2. The maximum Gasteiger partial charge on any atom is 0.410 e. The van der Waals surface area contributed by atoms with Crippen molar-refractivity contribution in [2.24, 2.45) is 0 Å². The van der Waals surface area contributed by atoms with Crippen LogP contribution in [0.15, 0.2) is 18.6 Å². The van der Waals surface area contributed by atoms with Crippen LogP contribution >= 0.6 is 0 Å². The summed E-state index contributed by atoms with van der Waals surface area (Å²) in [5.41, 5.74) is 0.495. The molecule has 0 aromatic carbocycles. The molecule has 6 nitrogen and oxygen atoms in total. The van der Waals surface area contributed by atoms with Gasteiger partial charge in [0.15, 0.2) is 0 Å². The molecule has 122 valence electrons. The molecule has 1 aromatic heterocycles. The Kier molecular flexibility index (Phi) is 5.01. The summed E-state index contributed by atoms with van der Waals surface area (Å²) in [4.78, 5) is 24.7. The van der Waals surface area contributed by atoms with Crippen molar-refractivity contribution in [3.8, 4) is 0 Å². The highest BCUT2D eigenvalue weighted by molar-refractivity contribution is 5.68. The fraction of sp³-hybridized carbons (Fsp3) is 0.688. The van der Waals surface area contributed by atoms with Gasteiger partial charge in [0, 0.05) is 37.7 Å². The van der Waals surface area contributed by atoms with Crippen LogP contribution in [0.2, 0.25) is 0 Å². The van der Waals surface area contributed by atoms with Crippen molar-refractivity contribution in [3.05, 3.63) is 24.3 Å². The van der Waals surface area contributed by atoms with Gasteiger partial charge in [0.1, 0.15) is 5.60 Å². The molecule has 6 heteroatoms. The summed E-state index contributed by atoms with van der Waals surface area (Å²) < 4.78 is 5.44. The van der Waals surface area contributed by atoms with Gasteiger partial charge in [-0.25, -0.2) is 4.79 Å². The van der Waals surface area contributed by atoms with Crippen molar-refractivity contribution in [2.45, 2.75) is 51.8 Å². The van der Waals surface area contributed by atoms with E-state index in [9.17, 15) is 4.79 Å². The van der Waals surface area contributed by atoms with Crippen LogP contribution < -0.4 is 0 Å². The van der Waals surface area contributed by atoms with E-state index in [1.165, 1.54) is 0 Å². The van der Waals surface area contributed by atoms with E-state index < -0.39 is 5.60 Å². The zero-order chi connectivity index (χ0) is 16.3. The van der Waals surface area contributed by atoms with Crippen molar-refractivity contribution in [1.29, 1.82) is 0 Å². The third-order valence-electron chi connectivity index (χ3n) is 4.01. The van der Waals surface area contributed by atoms with Crippen molar-refractivity contribution >= 4 is 6.09 Å². The van der Waals surface area contributed by atoms with Crippen LogP contribution in [0.5, 0.6) is 0 Å². The number of hydrogen-bond donors (Lipinski definition) is 0. The minimum Gasteiger partial charge on any atom is -0.444 e. The van der Waals surface area contributed by atoms with E-state index in [4.69, 9.17) is 4.74 Å². The molecule has 1 amide bonds. The normalized spacial score (nSPS) is 20.3. The molecule has 0 N–H and O–H groups in total. The molecule has 2 heterocycles. The number of hydrogen-bond acceptors (Lipinski definition) is 5. The molecule has 1 aliphatic rings. The quantitative estimate of drug-likeness (QED) is 0.858. The summed E-state index contributed by atoms with van der Waals surface area (Å²) in [7, 11) is 2.07. The summed E-state index contributed by atoms with van der Waals surface area (Å²) in [6.07, 6.45) is 5.90. The molecule has 0 radical (unpaired) electrons. The smallest absolute Gasteiger partial charge is 0.410 e. The predicted molar refractivity (Wildman–Crippen MR) is 84.4 cm³/mol. The van der Waals surface area contributed by atoms with Gasteiger partial charge in [-0.05, 0) is 41.2 Å². The molecule has 22 heavy (non-hydrogen) atoms. The number of amides is 1. The second-order valence-corrected chi connectivity index (χ2v) is 6.84. The number of likely N-dealkylation sites (N-methyl/N-ethyl adjacent to an activating group) is 1. The molecule has 0 bridgehead atoms. The van der Waals surface area contributed by atoms with Gasteiger partial charge in [0.25, 0.3) is 0 Å². The Morgan fingerprint density at radius 2 is 2.18 bits per heavy atom. The standard InChI is InChI=1S/C16H26N4O2/c1-12(14-10-17-7-8-18-14)19(5)13-6-9-20(11-13)15(21)22-16(2,3)4/h7-8,10,12-13H,6,9,11H2,1-5H3/t12-,13+/m0/s1. The molecular weight excluding hydrogens is 280 g/mol. The summed E-state index contributed by atoms with van der Waals surface area (Å²) in [5, 5.41) is 0. The molecule has 1 aromatic rings. The zero-order valence-corrected chi connectivity index (χ0v) is 14.1. The highest BCUT2D eigenvalue weighted by Gasteiger charge is 2.33. The highest BCUT2D eigenvalue weighted by Crippen LogP contribution is 2.24. The highest BCUT2D eigenvalue weighted by atomic mass is 16.6. The van der Waals surface area contributed by atoms with Gasteiger partial charge in [-0.1, -0.05) is 0 Å². The topological polar surface area (TPSA) is 58.6 Å². The third-order valence-corrected chi connectivity index (χ3v) is 4.01. The molecule has 0 unspecified atom stereocenters. The first-order chi connectivity index (χ1) is 10.3. The maximum absolute atomic E-state index is 12.1. The van der Waals surface area contributed by atoms with E-state index in [-0.39, 0.29) is 12.1 Å². The molecule has 2 rings (SSSR count). The first-order valence-corrected chi connectivity index (χ1v) is 7.73. The molecule has 1 saturated heterocycles. The van der Waals surface area contributed by atoms with E-state index in [0.29, 0.717) is 12.6 Å². The number of ether oxygens (including phenoxy) is 1. The Bertz CT molecular complexity index is 501. The second kappa shape index (κ2) is 6.60. The van der Waals surface area contributed by atoms with Crippen molar-refractivity contribution < 1.29 is 9.53 Å². The van der Waals surface area contributed by atoms with E-state index in [2.05, 4.69) is 28.8 Å². The van der Waals surface area contributed by atoms with Gasteiger partial charge in [-0.3, -0.25) is 14.9 Å². The lowest BCUT2D eigenvalue weighted by atomic mass is 10.1. The van der Waals surface area contributed by atoms with Crippen LogP contribution in [-0.4, -0.2) is 57.6 Å². The average molecular weight is 306 g/mol. The zero-order valence-electron chi connectivity index (χ0n) is 14.1. The summed E-state index contributed by atoms with van der Waals surface area (Å²) in [5.74, 6) is 0. The SMILES string of the molecule is C[C@@H](c1cnccn1)N(C)[C@@H]1CCN(C(=O)OC(C)(C)C)C1. The Morgan fingerprint density at radius 1 is 1.45 bits per heavy atom. The number of carbonyl (C=O) groups is 1. The van der Waals surface area contributed by atoms with Crippen LogP contribution in [0.1, 0.15) is 45.9 Å². The minimum atomic E-state index is -0.450. The third kappa shape index (κ3) is 4.16. The lowest BCUT2D eigenvalue weighted by molar-refractivity contribution is 0.0278. The molecule has 0 aliphatic carbocycles. The molecule has 2 atom stereocenters. The van der Waals surface area contributed by atoms with Gasteiger partial charge >= 0.3 is 6.09 Å². The van der Waals surface area contributed by atoms with Gasteiger partial charge in [-0.2, -0.15) is 0 Å². The Labute approximate surface area is 132 Å². The summed E-state index contributed by atoms with van der Waals surface area (Å²) >= 11 is 0. The van der Waals surface area contributed by atoms with Gasteiger partial charge in [-0.15, -0.1) is 0 Å². The Hall–Kier alpha value is -1.69. The van der Waals surface area contributed by atoms with Gasteiger partial charge < -0.3 is 9.64 Å². The molecule has 0 spiro atoms. The first-order valence-electron chi connectivity index (χ1n) is 7.73. The van der Waals surface area contributed by atoms with Crippen LogP contribution in [0, 0.1) is 0 Å². The first kappa shape index (κ1) is 16.7. The largest absolute Gasteiger partial charge is 0.444 e. The number of aromatic nitrogens is 2. The van der Waals surface area contributed by atoms with E-state index in [1.807, 2.05) is 20.8 Å². The van der Waals surface area contributed by atoms with Crippen molar-refractivity contribution in [1.82, 2.24) is 19.8 Å². The predicted octanol–water partition coefficient (Wildman–Crippen LogP) is 2.48. The fourth-order valence-electron chi connectivity index (χ4n) is 2.62. The van der Waals surface area contributed by atoms with E-state index >= 15 is 0 Å². The Balaban J connectivity index is 1.94. The van der Waals surface area contributed by atoms with Gasteiger partial charge in [0.2, 0.25) is 0 Å². The minimum absolute atomic E-state index is 0.164. The maximum atomic E-state index is 12.1. The molecule has 0 saturated carbocycles. The van der Waals surface area contributed by atoms with Crippen molar-refractivity contribution in [2.75, 3.05) is 20.1 Å². The molecule has 1 aliphatic heterocycles. The molecule has 1 fully saturated rings. The second-order valence-electron chi connectivity index (χ2n) is 6.84. The van der Waals surface area contributed by atoms with E-state index in [0.717, 1.165) is 18.7 Å². The number of likely N-dealkylation sites (tertiary alicyclic amines) is 1. The van der Waals surface area contributed by atoms with Crippen LogP contribution in [0.25, 0.3) is 0 Å². The summed E-state index contributed by atoms with van der Waals surface area (Å²) in [6.45, 7) is 9.20. The lowest BCUT2D eigenvalue weighted by Crippen LogP contribution is -2.40. The number of rotatable bonds is 3. The van der Waals surface area contributed by atoms with E-state index in [1.54, 1.807) is 23.5 Å². The van der Waals surface area contributed by atoms with Gasteiger partial charge in [0.05, 0.1) is 11.7 Å². The lowest BCUT2D eigenvalue weighted by Gasteiger charge is -2.30. The average Bonchev–Trinajstić information content (AvgIpc) is 2.95.